The Morgan fingerprint density at radius 2 is 1.76 bits per heavy atom. The van der Waals surface area contributed by atoms with Crippen LogP contribution in [0.5, 0.6) is 0 Å². The third-order valence-corrected chi connectivity index (χ3v) is 8.41. The Balaban J connectivity index is 0.000000174. The maximum absolute atomic E-state index is 11.6. The first-order chi connectivity index (χ1) is 13.9. The van der Waals surface area contributed by atoms with E-state index in [-0.39, 0.29) is 0 Å². The number of allylic oxidation sites excluding steroid dienone is 4. The van der Waals surface area contributed by atoms with Gasteiger partial charge in [0.2, 0.25) is 0 Å². The molecule has 2 fully saturated rings. The summed E-state index contributed by atoms with van der Waals surface area (Å²) in [4.78, 5) is 12.3. The van der Waals surface area contributed by atoms with Gasteiger partial charge < -0.3 is 0 Å². The summed E-state index contributed by atoms with van der Waals surface area (Å²) in [7, 11) is -1.34. The maximum Gasteiger partial charge on any atom is 0.155 e. The van der Waals surface area contributed by atoms with Crippen molar-refractivity contribution >= 4 is 16.8 Å². The number of aryl methyl sites for hydroxylation is 1. The van der Waals surface area contributed by atoms with Crippen LogP contribution in [0.1, 0.15) is 70.3 Å². The monoisotopic (exact) mass is 411 g/mol. The van der Waals surface area contributed by atoms with Crippen molar-refractivity contribution in [2.45, 2.75) is 76.5 Å². The number of nitrogens with two attached hydrogens (primary N) is 1. The first kappa shape index (κ1) is 20.7. The molecule has 4 unspecified atom stereocenters. The lowest BCUT2D eigenvalue weighted by molar-refractivity contribution is -0.115. The third-order valence-electron chi connectivity index (χ3n) is 7.67. The quantitative estimate of drug-likeness (QED) is 0.615. The van der Waals surface area contributed by atoms with Crippen molar-refractivity contribution in [2.24, 2.45) is 22.4 Å². The molecule has 0 aromatic heterocycles. The Labute approximate surface area is 177 Å². The van der Waals surface area contributed by atoms with Crippen molar-refractivity contribution in [3.8, 4) is 0 Å². The molecule has 2 saturated carbocycles. The number of rotatable bonds is 1. The molecule has 4 heteroatoms. The molecule has 1 aromatic carbocycles. The zero-order valence-corrected chi connectivity index (χ0v) is 18.5. The summed E-state index contributed by atoms with van der Waals surface area (Å²) in [6, 6.07) is 7.32. The third kappa shape index (κ3) is 4.20. The Kier molecular flexibility index (Phi) is 5.94. The molecule has 0 heterocycles. The molecular weight excluding hydrogens is 378 g/mol. The number of hydrogen-bond donors (Lipinski definition) is 1. The Hall–Kier alpha value is -1.52. The van der Waals surface area contributed by atoms with Crippen LogP contribution in [0.25, 0.3) is 0 Å². The Bertz CT molecular complexity index is 883. The zero-order valence-electron chi connectivity index (χ0n) is 17.7. The van der Waals surface area contributed by atoms with Crippen molar-refractivity contribution in [3.05, 3.63) is 52.6 Å². The number of benzene rings is 1. The number of carbonyl (C=O) groups excluding carboxylic acids is 1. The second-order valence-electron chi connectivity index (χ2n) is 9.50. The molecule has 29 heavy (non-hydrogen) atoms. The average molecular weight is 412 g/mol. The molecule has 0 saturated heterocycles. The first-order valence-electron chi connectivity index (χ1n) is 11.1. The predicted octanol–water partition coefficient (Wildman–Crippen LogP) is 5.56. The van der Waals surface area contributed by atoms with Crippen LogP contribution in [-0.4, -0.2) is 9.99 Å². The SMILES string of the molecule is CC12CCCC1=C1CCC3=CC(=O)CCC3C1CC2.Cc1ccc(S(N)=O)cc1. The fraction of sp³-hybridized carbons (Fsp3) is 0.560. The summed E-state index contributed by atoms with van der Waals surface area (Å²) < 4.78 is 10.6. The number of fused-ring (bicyclic) bond motifs is 4. The molecular formula is C25H33NO2S. The highest BCUT2D eigenvalue weighted by Crippen LogP contribution is 2.58. The molecule has 0 spiro atoms. The lowest BCUT2D eigenvalue weighted by Gasteiger charge is -2.46. The van der Waals surface area contributed by atoms with Gasteiger partial charge in [-0.3, -0.25) is 4.79 Å². The molecule has 156 valence electrons. The Morgan fingerprint density at radius 1 is 1.00 bits per heavy atom. The molecule has 0 amide bonds. The minimum atomic E-state index is -1.34. The van der Waals surface area contributed by atoms with Crippen LogP contribution >= 0.6 is 0 Å². The van der Waals surface area contributed by atoms with Gasteiger partial charge in [-0.05, 0) is 93.7 Å². The standard InChI is InChI=1S/C18H24O.C7H9NOS/c1-18-9-2-3-17(18)16-6-4-12-11-13(19)5-7-14(12)15(16)8-10-18;1-6-2-4-7(5-3-6)10(8)9/h11,14-15H,2-10H2,1H3;2-5H,8H2,1H3. The van der Waals surface area contributed by atoms with Gasteiger partial charge >= 0.3 is 0 Å². The van der Waals surface area contributed by atoms with E-state index in [1.165, 1.54) is 50.5 Å². The van der Waals surface area contributed by atoms with E-state index < -0.39 is 11.0 Å². The van der Waals surface area contributed by atoms with Crippen LogP contribution in [0.3, 0.4) is 0 Å². The lowest BCUT2D eigenvalue weighted by Crippen LogP contribution is -2.34. The van der Waals surface area contributed by atoms with Crippen LogP contribution in [0.4, 0.5) is 0 Å². The topological polar surface area (TPSA) is 60.2 Å². The number of carbonyl (C=O) groups is 1. The van der Waals surface area contributed by atoms with E-state index in [4.69, 9.17) is 5.14 Å². The van der Waals surface area contributed by atoms with Crippen LogP contribution in [-0.2, 0) is 15.8 Å². The van der Waals surface area contributed by atoms with Gasteiger partial charge in [0.05, 0.1) is 4.90 Å². The fourth-order valence-electron chi connectivity index (χ4n) is 6.12. The normalized spacial score (nSPS) is 31.7. The van der Waals surface area contributed by atoms with E-state index >= 15 is 0 Å². The van der Waals surface area contributed by atoms with E-state index in [9.17, 15) is 9.00 Å². The summed E-state index contributed by atoms with van der Waals surface area (Å²) in [5.41, 5.74) is 6.88. The molecule has 0 bridgehead atoms. The smallest absolute Gasteiger partial charge is 0.155 e. The first-order valence-corrected chi connectivity index (χ1v) is 12.3. The summed E-state index contributed by atoms with van der Waals surface area (Å²) in [5.74, 6) is 1.90. The Morgan fingerprint density at radius 3 is 2.48 bits per heavy atom. The largest absolute Gasteiger partial charge is 0.295 e. The van der Waals surface area contributed by atoms with Crippen molar-refractivity contribution in [3.63, 3.8) is 0 Å². The van der Waals surface area contributed by atoms with Crippen LogP contribution < -0.4 is 5.14 Å². The van der Waals surface area contributed by atoms with Gasteiger partial charge in [0, 0.05) is 6.42 Å². The van der Waals surface area contributed by atoms with Crippen molar-refractivity contribution in [1.29, 1.82) is 0 Å². The molecule has 4 atom stereocenters. The molecule has 3 nitrogen and oxygen atoms in total. The fourth-order valence-corrected chi connectivity index (χ4v) is 6.53. The highest BCUT2D eigenvalue weighted by Gasteiger charge is 2.45. The minimum absolute atomic E-state index is 0.379. The van der Waals surface area contributed by atoms with Gasteiger partial charge in [-0.15, -0.1) is 0 Å². The van der Waals surface area contributed by atoms with Gasteiger partial charge in [0.25, 0.3) is 0 Å². The molecule has 0 aliphatic heterocycles. The second kappa shape index (κ2) is 8.31. The van der Waals surface area contributed by atoms with E-state index in [0.29, 0.717) is 16.1 Å². The van der Waals surface area contributed by atoms with Crippen LogP contribution in [0.15, 0.2) is 52.0 Å². The summed E-state index contributed by atoms with van der Waals surface area (Å²) >= 11 is 0. The van der Waals surface area contributed by atoms with Crippen LogP contribution in [0, 0.1) is 24.2 Å². The second-order valence-corrected chi connectivity index (χ2v) is 10.6. The molecule has 1 aromatic rings. The predicted molar refractivity (Wildman–Crippen MR) is 119 cm³/mol. The van der Waals surface area contributed by atoms with Gasteiger partial charge in [-0.1, -0.05) is 41.3 Å². The van der Waals surface area contributed by atoms with Crippen molar-refractivity contribution in [2.75, 3.05) is 0 Å². The average Bonchev–Trinajstić information content (AvgIpc) is 3.10. The minimum Gasteiger partial charge on any atom is -0.295 e. The molecule has 4 aliphatic carbocycles. The highest BCUT2D eigenvalue weighted by molar-refractivity contribution is 7.82. The van der Waals surface area contributed by atoms with E-state index in [0.717, 1.165) is 30.2 Å². The number of hydrogen-bond acceptors (Lipinski definition) is 2. The van der Waals surface area contributed by atoms with Crippen LogP contribution in [0.2, 0.25) is 0 Å². The number of ketones is 1. The van der Waals surface area contributed by atoms with Gasteiger partial charge in [-0.25, -0.2) is 9.35 Å². The molecule has 5 rings (SSSR count). The van der Waals surface area contributed by atoms with Crippen molar-refractivity contribution < 1.29 is 9.00 Å². The van der Waals surface area contributed by atoms with Gasteiger partial charge in [0.15, 0.2) is 5.78 Å². The zero-order chi connectivity index (χ0) is 20.6. The van der Waals surface area contributed by atoms with E-state index in [2.05, 4.69) is 6.92 Å². The molecule has 0 radical (unpaired) electrons. The maximum atomic E-state index is 11.6. The van der Waals surface area contributed by atoms with Gasteiger partial charge in [0.1, 0.15) is 11.0 Å². The lowest BCUT2D eigenvalue weighted by atomic mass is 9.59. The summed E-state index contributed by atoms with van der Waals surface area (Å²) in [5, 5.41) is 5.14. The van der Waals surface area contributed by atoms with Crippen molar-refractivity contribution in [1.82, 2.24) is 0 Å². The van der Waals surface area contributed by atoms with E-state index in [1.54, 1.807) is 12.1 Å². The highest BCUT2D eigenvalue weighted by atomic mass is 32.2. The molecule has 4 aliphatic rings. The summed E-state index contributed by atoms with van der Waals surface area (Å²) in [6.45, 7) is 4.48. The van der Waals surface area contributed by atoms with Gasteiger partial charge in [-0.2, -0.15) is 0 Å². The summed E-state index contributed by atoms with van der Waals surface area (Å²) in [6.07, 6.45) is 13.3. The molecule has 2 N–H and O–H groups in total. The van der Waals surface area contributed by atoms with E-state index in [1.807, 2.05) is 36.3 Å².